The molecule has 1 heterocycles. The topological polar surface area (TPSA) is 78.5 Å². The van der Waals surface area contributed by atoms with Crippen LogP contribution in [0, 0.1) is 0 Å². The van der Waals surface area contributed by atoms with Gasteiger partial charge in [-0.2, -0.15) is 5.01 Å². The van der Waals surface area contributed by atoms with Crippen molar-refractivity contribution in [1.82, 2.24) is 15.8 Å². The second kappa shape index (κ2) is 5.57. The lowest BCUT2D eigenvalue weighted by molar-refractivity contribution is -0.132. The van der Waals surface area contributed by atoms with E-state index in [9.17, 15) is 14.4 Å². The van der Waals surface area contributed by atoms with Gasteiger partial charge in [-0.3, -0.25) is 15.0 Å². The molecule has 23 heavy (non-hydrogen) atoms. The molecule has 0 aromatic heterocycles. The largest absolute Gasteiger partial charge is 0.344 e. The van der Waals surface area contributed by atoms with Gasteiger partial charge in [0.1, 0.15) is 5.54 Å². The summed E-state index contributed by atoms with van der Waals surface area (Å²) in [5.41, 5.74) is 2.16. The number of rotatable bonds is 3. The molecule has 116 valence electrons. The molecule has 6 nitrogen and oxygen atoms in total. The van der Waals surface area contributed by atoms with Crippen LogP contribution in [0.15, 0.2) is 60.7 Å². The molecule has 2 aromatic carbocycles. The summed E-state index contributed by atoms with van der Waals surface area (Å²) < 4.78 is 0. The highest BCUT2D eigenvalue weighted by Gasteiger charge is 2.49. The van der Waals surface area contributed by atoms with Crippen LogP contribution in [0.25, 0.3) is 0 Å². The van der Waals surface area contributed by atoms with Crippen LogP contribution in [-0.2, 0) is 10.3 Å². The minimum absolute atomic E-state index is 0.362. The quantitative estimate of drug-likeness (QED) is 0.849. The monoisotopic (exact) mass is 309 g/mol. The molecule has 1 fully saturated rings. The number of hydrogen-bond donors (Lipinski definition) is 2. The maximum Gasteiger partial charge on any atom is 0.344 e. The fourth-order valence-corrected chi connectivity index (χ4v) is 2.46. The summed E-state index contributed by atoms with van der Waals surface area (Å²) in [7, 11) is 0. The van der Waals surface area contributed by atoms with E-state index in [1.807, 2.05) is 6.07 Å². The lowest BCUT2D eigenvalue weighted by Crippen LogP contribution is -2.47. The molecule has 1 saturated heterocycles. The Morgan fingerprint density at radius 3 is 2.17 bits per heavy atom. The zero-order valence-electron chi connectivity index (χ0n) is 12.4. The summed E-state index contributed by atoms with van der Waals surface area (Å²) in [5, 5.41) is 3.35. The molecule has 1 unspecified atom stereocenters. The van der Waals surface area contributed by atoms with E-state index >= 15 is 0 Å². The van der Waals surface area contributed by atoms with Gasteiger partial charge in [0, 0.05) is 5.56 Å². The second-order valence-electron chi connectivity index (χ2n) is 5.37. The van der Waals surface area contributed by atoms with Crippen LogP contribution in [-0.4, -0.2) is 22.9 Å². The van der Waals surface area contributed by atoms with Crippen molar-refractivity contribution < 1.29 is 14.4 Å². The highest BCUT2D eigenvalue weighted by atomic mass is 16.2. The van der Waals surface area contributed by atoms with E-state index in [0.717, 1.165) is 5.01 Å². The van der Waals surface area contributed by atoms with E-state index < -0.39 is 23.4 Å². The Bertz CT molecular complexity index is 761. The van der Waals surface area contributed by atoms with E-state index in [2.05, 4.69) is 10.7 Å². The molecule has 1 aliphatic heterocycles. The Morgan fingerprint density at radius 1 is 1.00 bits per heavy atom. The van der Waals surface area contributed by atoms with Gasteiger partial charge < -0.3 is 5.32 Å². The first-order valence-electron chi connectivity index (χ1n) is 7.10. The third-order valence-corrected chi connectivity index (χ3v) is 3.79. The Balaban J connectivity index is 1.84. The van der Waals surface area contributed by atoms with Gasteiger partial charge >= 0.3 is 6.03 Å². The molecular weight excluding hydrogens is 294 g/mol. The second-order valence-corrected chi connectivity index (χ2v) is 5.37. The first kappa shape index (κ1) is 14.8. The van der Waals surface area contributed by atoms with Crippen LogP contribution in [0.5, 0.6) is 0 Å². The van der Waals surface area contributed by atoms with Crippen LogP contribution in [0.1, 0.15) is 22.8 Å². The number of imide groups is 1. The SMILES string of the molecule is CC1(c2ccccc2)NC(=O)N(NC(=O)c2ccccc2)C1=O. The van der Waals surface area contributed by atoms with Crippen LogP contribution in [0.4, 0.5) is 4.79 Å². The zero-order valence-corrected chi connectivity index (χ0v) is 12.4. The minimum atomic E-state index is -1.21. The fraction of sp³-hybridized carbons (Fsp3) is 0.118. The van der Waals surface area contributed by atoms with E-state index in [-0.39, 0.29) is 0 Å². The lowest BCUT2D eigenvalue weighted by atomic mass is 9.92. The summed E-state index contributed by atoms with van der Waals surface area (Å²) in [4.78, 5) is 36.9. The number of benzene rings is 2. The van der Waals surface area contributed by atoms with Crippen LogP contribution < -0.4 is 10.7 Å². The van der Waals surface area contributed by atoms with E-state index in [4.69, 9.17) is 0 Å². The number of nitrogens with one attached hydrogen (secondary N) is 2. The first-order chi connectivity index (χ1) is 11.0. The van der Waals surface area contributed by atoms with E-state index in [0.29, 0.717) is 11.1 Å². The number of carbonyl (C=O) groups is 3. The Morgan fingerprint density at radius 2 is 1.57 bits per heavy atom. The van der Waals surface area contributed by atoms with Crippen molar-refractivity contribution in [1.29, 1.82) is 0 Å². The van der Waals surface area contributed by atoms with Crippen molar-refractivity contribution in [2.45, 2.75) is 12.5 Å². The van der Waals surface area contributed by atoms with E-state index in [1.165, 1.54) is 0 Å². The number of nitrogens with zero attached hydrogens (tertiary/aromatic N) is 1. The Hall–Kier alpha value is -3.15. The highest BCUT2D eigenvalue weighted by Crippen LogP contribution is 2.27. The molecule has 6 heteroatoms. The molecule has 2 aromatic rings. The smallest absolute Gasteiger partial charge is 0.318 e. The maximum absolute atomic E-state index is 12.6. The van der Waals surface area contributed by atoms with Gasteiger partial charge in [-0.1, -0.05) is 48.5 Å². The molecule has 1 atom stereocenters. The van der Waals surface area contributed by atoms with Gasteiger partial charge in [-0.15, -0.1) is 0 Å². The summed E-state index contributed by atoms with van der Waals surface area (Å²) in [6.07, 6.45) is 0. The number of urea groups is 1. The minimum Gasteiger partial charge on any atom is -0.318 e. The molecule has 3 rings (SSSR count). The molecular formula is C17H15N3O3. The van der Waals surface area contributed by atoms with Crippen molar-refractivity contribution in [2.75, 3.05) is 0 Å². The average molecular weight is 309 g/mol. The molecule has 0 saturated carbocycles. The van der Waals surface area contributed by atoms with Crippen LogP contribution in [0.2, 0.25) is 0 Å². The lowest BCUT2D eigenvalue weighted by Gasteiger charge is -2.22. The Kier molecular flexibility index (Phi) is 3.57. The third kappa shape index (κ3) is 2.55. The molecule has 0 spiro atoms. The summed E-state index contributed by atoms with van der Waals surface area (Å²) >= 11 is 0. The van der Waals surface area contributed by atoms with Crippen LogP contribution in [0.3, 0.4) is 0 Å². The van der Waals surface area contributed by atoms with E-state index in [1.54, 1.807) is 61.5 Å². The van der Waals surface area contributed by atoms with Crippen molar-refractivity contribution in [2.24, 2.45) is 0 Å². The van der Waals surface area contributed by atoms with Gasteiger partial charge in [0.15, 0.2) is 0 Å². The van der Waals surface area contributed by atoms with Gasteiger partial charge in [-0.05, 0) is 24.6 Å². The third-order valence-electron chi connectivity index (χ3n) is 3.79. The zero-order chi connectivity index (χ0) is 16.4. The molecule has 1 aliphatic rings. The highest BCUT2D eigenvalue weighted by molar-refractivity contribution is 6.09. The summed E-state index contributed by atoms with van der Waals surface area (Å²) in [5.74, 6) is -1.05. The van der Waals surface area contributed by atoms with Crippen molar-refractivity contribution in [3.63, 3.8) is 0 Å². The van der Waals surface area contributed by atoms with Crippen molar-refractivity contribution in [3.05, 3.63) is 71.8 Å². The molecule has 0 radical (unpaired) electrons. The number of hydrogen-bond acceptors (Lipinski definition) is 3. The molecule has 0 bridgehead atoms. The maximum atomic E-state index is 12.6. The van der Waals surface area contributed by atoms with Crippen molar-refractivity contribution in [3.8, 4) is 0 Å². The number of amides is 4. The van der Waals surface area contributed by atoms with Crippen molar-refractivity contribution >= 4 is 17.8 Å². The summed E-state index contributed by atoms with van der Waals surface area (Å²) in [6.45, 7) is 1.61. The molecule has 4 amide bonds. The molecule has 0 aliphatic carbocycles. The standard InChI is InChI=1S/C17H15N3O3/c1-17(13-10-6-3-7-11-13)15(22)20(16(23)18-17)19-14(21)12-8-4-2-5-9-12/h2-11H,1H3,(H,18,23)(H,19,21). The predicted octanol–water partition coefficient (Wildman–Crippen LogP) is 1.80. The normalized spacial score (nSPS) is 20.3. The first-order valence-corrected chi connectivity index (χ1v) is 7.10. The van der Waals surface area contributed by atoms with Gasteiger partial charge in [0.2, 0.25) is 0 Å². The van der Waals surface area contributed by atoms with Gasteiger partial charge in [0.05, 0.1) is 0 Å². The fourth-order valence-electron chi connectivity index (χ4n) is 2.46. The summed E-state index contributed by atoms with van der Waals surface area (Å²) in [6, 6.07) is 16.6. The van der Waals surface area contributed by atoms with Crippen LogP contribution >= 0.6 is 0 Å². The van der Waals surface area contributed by atoms with Gasteiger partial charge in [0.25, 0.3) is 11.8 Å². The number of carbonyl (C=O) groups excluding carboxylic acids is 3. The molecule has 2 N–H and O–H groups in total. The van der Waals surface area contributed by atoms with Gasteiger partial charge in [-0.25, -0.2) is 4.79 Å². The number of hydrazine groups is 1. The Labute approximate surface area is 133 Å². The average Bonchev–Trinajstić information content (AvgIpc) is 2.81. The predicted molar refractivity (Wildman–Crippen MR) is 83.1 cm³/mol.